The summed E-state index contributed by atoms with van der Waals surface area (Å²) in [5, 5.41) is 3.92. The van der Waals surface area contributed by atoms with Gasteiger partial charge in [0.05, 0.1) is 5.56 Å². The van der Waals surface area contributed by atoms with Gasteiger partial charge in [0, 0.05) is 35.5 Å². The van der Waals surface area contributed by atoms with Gasteiger partial charge in [-0.25, -0.2) is 9.18 Å². The number of hydrogen-bond acceptors (Lipinski definition) is 6. The van der Waals surface area contributed by atoms with Crippen molar-refractivity contribution in [1.82, 2.24) is 5.16 Å². The summed E-state index contributed by atoms with van der Waals surface area (Å²) in [4.78, 5) is 13.6. The van der Waals surface area contributed by atoms with Crippen molar-refractivity contribution < 1.29 is 36.4 Å². The third-order valence-corrected chi connectivity index (χ3v) is 6.20. The molecule has 0 amide bonds. The molecule has 1 aliphatic heterocycles. The Morgan fingerprint density at radius 3 is 2.47 bits per heavy atom. The monoisotopic (exact) mass is 534 g/mol. The first-order chi connectivity index (χ1) is 17.8. The van der Waals surface area contributed by atoms with Crippen LogP contribution in [0.25, 0.3) is 22.6 Å². The van der Waals surface area contributed by atoms with E-state index in [0.29, 0.717) is 12.1 Å². The molecule has 0 aliphatic carbocycles. The zero-order valence-electron chi connectivity index (χ0n) is 21.7. The molecule has 204 valence electrons. The number of carbonyl (C=O) groups excluding carboxylic acids is 1. The summed E-state index contributed by atoms with van der Waals surface area (Å²) < 4.78 is 72.4. The molecular formula is C28H30F4N2O4. The average Bonchev–Trinajstić information content (AvgIpc) is 3.32. The van der Waals surface area contributed by atoms with Crippen molar-refractivity contribution in [3.8, 4) is 28.3 Å². The van der Waals surface area contributed by atoms with Crippen LogP contribution in [0.2, 0.25) is 0 Å². The van der Waals surface area contributed by atoms with E-state index >= 15 is 0 Å². The first-order valence-electron chi connectivity index (χ1n) is 12.4. The van der Waals surface area contributed by atoms with Crippen LogP contribution in [-0.2, 0) is 15.7 Å². The zero-order chi connectivity index (χ0) is 27.7. The highest BCUT2D eigenvalue weighted by atomic mass is 19.4. The Kier molecular flexibility index (Phi) is 7.71. The number of alkyl halides is 3. The van der Waals surface area contributed by atoms with Gasteiger partial charge in [-0.15, -0.1) is 0 Å². The smallest absolute Gasteiger partial charge is 0.418 e. The van der Waals surface area contributed by atoms with Crippen LogP contribution in [0.3, 0.4) is 0 Å². The van der Waals surface area contributed by atoms with E-state index in [2.05, 4.69) is 5.16 Å². The highest BCUT2D eigenvalue weighted by Gasteiger charge is 2.37. The number of anilines is 1. The van der Waals surface area contributed by atoms with Crippen LogP contribution in [0.15, 0.2) is 47.0 Å². The van der Waals surface area contributed by atoms with E-state index in [1.54, 1.807) is 31.7 Å². The maximum absolute atomic E-state index is 14.6. The molecule has 2 aromatic carbocycles. The highest BCUT2D eigenvalue weighted by Crippen LogP contribution is 2.41. The molecule has 1 aromatic heterocycles. The van der Waals surface area contributed by atoms with E-state index < -0.39 is 35.7 Å². The number of hydrogen-bond donors (Lipinski definition) is 0. The number of esters is 1. The topological polar surface area (TPSA) is 64.8 Å². The lowest BCUT2D eigenvalue weighted by Gasteiger charge is -2.37. The maximum atomic E-state index is 14.6. The second kappa shape index (κ2) is 10.7. The molecule has 10 heteroatoms. The van der Waals surface area contributed by atoms with Crippen molar-refractivity contribution >= 4 is 11.7 Å². The van der Waals surface area contributed by atoms with Gasteiger partial charge in [-0.2, -0.15) is 13.2 Å². The number of carbonyl (C=O) groups is 1. The first kappa shape index (κ1) is 27.5. The van der Waals surface area contributed by atoms with Crippen molar-refractivity contribution in [2.24, 2.45) is 0 Å². The van der Waals surface area contributed by atoms with Gasteiger partial charge in [0.25, 0.3) is 0 Å². The Bertz CT molecular complexity index is 1300. The van der Waals surface area contributed by atoms with Crippen LogP contribution in [-0.4, -0.2) is 35.9 Å². The van der Waals surface area contributed by atoms with Crippen molar-refractivity contribution in [1.29, 1.82) is 0 Å². The number of halogens is 4. The van der Waals surface area contributed by atoms with Gasteiger partial charge in [0.15, 0.2) is 23.9 Å². The lowest BCUT2D eigenvalue weighted by Crippen LogP contribution is -2.38. The standard InChI is InChI=1S/C28H30F4N2O4/c1-17-7-5-6-12-34(17)23-10-8-19(13-20(23)28(30,31)32)25-15-22(33-38-25)18-9-11-24(21(29)14-18)36-16-26(35)37-27(2,3)4/h8-11,13-15,17H,5-7,12,16H2,1-4H3. The zero-order valence-corrected chi connectivity index (χ0v) is 21.7. The second-order valence-corrected chi connectivity index (χ2v) is 10.4. The maximum Gasteiger partial charge on any atom is 0.418 e. The van der Waals surface area contributed by atoms with E-state index in [1.807, 2.05) is 6.92 Å². The van der Waals surface area contributed by atoms with Crippen LogP contribution in [0.5, 0.6) is 5.75 Å². The van der Waals surface area contributed by atoms with Crippen LogP contribution in [0.1, 0.15) is 52.5 Å². The fourth-order valence-electron chi connectivity index (χ4n) is 4.45. The molecule has 1 saturated heterocycles. The summed E-state index contributed by atoms with van der Waals surface area (Å²) in [6.45, 7) is 7.16. The SMILES string of the molecule is CC1CCCCN1c1ccc(-c2cc(-c3ccc(OCC(=O)OC(C)(C)C)c(F)c3)no2)cc1C(F)(F)F. The van der Waals surface area contributed by atoms with Gasteiger partial charge in [-0.3, -0.25) is 0 Å². The molecular weight excluding hydrogens is 504 g/mol. The molecule has 3 aromatic rings. The molecule has 0 bridgehead atoms. The minimum absolute atomic E-state index is 0.0126. The number of rotatable bonds is 6. The van der Waals surface area contributed by atoms with Crippen LogP contribution in [0.4, 0.5) is 23.2 Å². The Hall–Kier alpha value is -3.56. The molecule has 1 atom stereocenters. The van der Waals surface area contributed by atoms with Crippen molar-refractivity contribution in [2.75, 3.05) is 18.1 Å². The number of nitrogens with zero attached hydrogens (tertiary/aromatic N) is 2. The number of benzene rings is 2. The molecule has 0 saturated carbocycles. The number of ether oxygens (including phenoxy) is 2. The summed E-state index contributed by atoms with van der Waals surface area (Å²) in [6, 6.07) is 9.57. The predicted molar refractivity (Wildman–Crippen MR) is 134 cm³/mol. The Balaban J connectivity index is 1.54. The molecule has 0 N–H and O–H groups in total. The molecule has 1 unspecified atom stereocenters. The number of piperidine rings is 1. The van der Waals surface area contributed by atoms with E-state index in [9.17, 15) is 22.4 Å². The highest BCUT2D eigenvalue weighted by molar-refractivity contribution is 5.72. The minimum atomic E-state index is -4.55. The lowest BCUT2D eigenvalue weighted by molar-refractivity contribution is -0.157. The van der Waals surface area contributed by atoms with Crippen LogP contribution < -0.4 is 9.64 Å². The predicted octanol–water partition coefficient (Wildman–Crippen LogP) is 7.27. The largest absolute Gasteiger partial charge is 0.479 e. The summed E-state index contributed by atoms with van der Waals surface area (Å²) >= 11 is 0. The third kappa shape index (κ3) is 6.46. The molecule has 2 heterocycles. The van der Waals surface area contributed by atoms with E-state index in [0.717, 1.165) is 31.4 Å². The Morgan fingerprint density at radius 2 is 1.82 bits per heavy atom. The minimum Gasteiger partial charge on any atom is -0.479 e. The summed E-state index contributed by atoms with van der Waals surface area (Å²) in [5.41, 5.74) is -0.503. The van der Waals surface area contributed by atoms with E-state index in [4.69, 9.17) is 14.0 Å². The summed E-state index contributed by atoms with van der Waals surface area (Å²) in [6.07, 6.45) is -1.87. The fourth-order valence-corrected chi connectivity index (χ4v) is 4.45. The lowest BCUT2D eigenvalue weighted by atomic mass is 9.99. The molecule has 0 radical (unpaired) electrons. The van der Waals surface area contributed by atoms with Gasteiger partial charge in [0.2, 0.25) is 0 Å². The van der Waals surface area contributed by atoms with Gasteiger partial charge in [0.1, 0.15) is 11.3 Å². The van der Waals surface area contributed by atoms with Gasteiger partial charge >= 0.3 is 12.1 Å². The van der Waals surface area contributed by atoms with Crippen molar-refractivity contribution in [3.63, 3.8) is 0 Å². The molecule has 1 fully saturated rings. The second-order valence-electron chi connectivity index (χ2n) is 10.4. The van der Waals surface area contributed by atoms with Gasteiger partial charge in [-0.1, -0.05) is 5.16 Å². The average molecular weight is 535 g/mol. The Labute approximate surface area is 218 Å². The quantitative estimate of drug-likeness (QED) is 0.245. The molecule has 1 aliphatic rings. The third-order valence-electron chi connectivity index (χ3n) is 6.20. The van der Waals surface area contributed by atoms with Crippen LogP contribution >= 0.6 is 0 Å². The molecule has 38 heavy (non-hydrogen) atoms. The van der Waals surface area contributed by atoms with E-state index in [1.165, 1.54) is 24.3 Å². The number of aromatic nitrogens is 1. The summed E-state index contributed by atoms with van der Waals surface area (Å²) in [5.74, 6) is -1.41. The molecule has 6 nitrogen and oxygen atoms in total. The van der Waals surface area contributed by atoms with Crippen molar-refractivity contribution in [3.05, 3.63) is 53.8 Å². The Morgan fingerprint density at radius 1 is 1.08 bits per heavy atom. The summed E-state index contributed by atoms with van der Waals surface area (Å²) in [7, 11) is 0. The normalized spacial score (nSPS) is 16.4. The van der Waals surface area contributed by atoms with Gasteiger partial charge < -0.3 is 18.9 Å². The van der Waals surface area contributed by atoms with Crippen LogP contribution in [0, 0.1) is 5.82 Å². The fraction of sp³-hybridized carbons (Fsp3) is 0.429. The van der Waals surface area contributed by atoms with Crippen molar-refractivity contribution in [2.45, 2.75) is 64.8 Å². The molecule has 4 rings (SSSR count). The van der Waals surface area contributed by atoms with E-state index in [-0.39, 0.29) is 34.5 Å². The first-order valence-corrected chi connectivity index (χ1v) is 12.4. The molecule has 0 spiro atoms. The van der Waals surface area contributed by atoms with Gasteiger partial charge in [-0.05, 0) is 83.4 Å².